The zero-order chi connectivity index (χ0) is 29.9. The molecule has 14 heteroatoms. The summed E-state index contributed by atoms with van der Waals surface area (Å²) in [5.41, 5.74) is -1.28. The number of carbonyl (C=O) groups excluding carboxylic acids is 1. The van der Waals surface area contributed by atoms with Crippen LogP contribution in [0.2, 0.25) is 0 Å². The second-order valence-corrected chi connectivity index (χ2v) is 10.0. The van der Waals surface area contributed by atoms with Gasteiger partial charge in [0.15, 0.2) is 29.0 Å². The molecule has 220 valence electrons. The Hall–Kier alpha value is -3.76. The summed E-state index contributed by atoms with van der Waals surface area (Å²) in [6, 6.07) is 5.69. The Bertz CT molecular complexity index is 1550. The number of hydrogen-bond acceptors (Lipinski definition) is 14. The van der Waals surface area contributed by atoms with Gasteiger partial charge in [-0.05, 0) is 32.0 Å². The van der Waals surface area contributed by atoms with Crippen LogP contribution in [0.5, 0.6) is 23.0 Å². The third-order valence-corrected chi connectivity index (χ3v) is 7.31. The summed E-state index contributed by atoms with van der Waals surface area (Å²) < 4.78 is 22.5. The molecule has 0 radical (unpaired) electrons. The van der Waals surface area contributed by atoms with Crippen molar-refractivity contribution >= 4 is 16.8 Å². The van der Waals surface area contributed by atoms with E-state index in [0.29, 0.717) is 0 Å². The van der Waals surface area contributed by atoms with Crippen LogP contribution < -0.4 is 5.43 Å². The minimum Gasteiger partial charge on any atom is -0.507 e. The minimum atomic E-state index is -1.92. The second-order valence-electron chi connectivity index (χ2n) is 10.0. The number of aliphatic hydroxyl groups is 4. The van der Waals surface area contributed by atoms with E-state index in [1.807, 2.05) is 0 Å². The summed E-state index contributed by atoms with van der Waals surface area (Å²) in [4.78, 5) is 25.7. The van der Waals surface area contributed by atoms with E-state index < -0.39 is 100 Å². The molecule has 3 heterocycles. The van der Waals surface area contributed by atoms with Gasteiger partial charge < -0.3 is 59.5 Å². The topological polar surface area (TPSA) is 237 Å². The molecule has 2 saturated heterocycles. The molecule has 5 rings (SSSR count). The summed E-state index contributed by atoms with van der Waals surface area (Å²) in [7, 11) is 0. The number of ketones is 1. The van der Waals surface area contributed by atoms with E-state index in [0.717, 1.165) is 18.2 Å². The van der Waals surface area contributed by atoms with Gasteiger partial charge in [0, 0.05) is 17.7 Å². The molecular weight excluding hydrogens is 548 g/mol. The molecule has 0 bridgehead atoms. The Morgan fingerprint density at radius 2 is 1.51 bits per heavy atom. The minimum absolute atomic E-state index is 0.0626. The molecule has 0 amide bonds. The number of hydrogen-bond donors (Lipinski definition) is 8. The Morgan fingerprint density at radius 3 is 2.20 bits per heavy atom. The number of aromatic hydroxyl groups is 4. The van der Waals surface area contributed by atoms with Crippen LogP contribution in [0.4, 0.5) is 0 Å². The van der Waals surface area contributed by atoms with Crippen LogP contribution >= 0.6 is 0 Å². The maximum atomic E-state index is 13.1. The fourth-order valence-corrected chi connectivity index (χ4v) is 5.00. The van der Waals surface area contributed by atoms with Crippen LogP contribution in [-0.2, 0) is 19.0 Å². The summed E-state index contributed by atoms with van der Waals surface area (Å²) in [5, 5.41) is 82.5. The zero-order valence-electron chi connectivity index (χ0n) is 21.6. The van der Waals surface area contributed by atoms with Crippen molar-refractivity contribution in [3.05, 3.63) is 46.1 Å². The lowest BCUT2D eigenvalue weighted by Crippen LogP contribution is -2.60. The average molecular weight is 577 g/mol. The van der Waals surface area contributed by atoms with Gasteiger partial charge in [0.25, 0.3) is 0 Å². The quantitative estimate of drug-likeness (QED) is 0.189. The molecule has 0 spiro atoms. The Kier molecular flexibility index (Phi) is 7.42. The van der Waals surface area contributed by atoms with Crippen molar-refractivity contribution in [2.24, 2.45) is 0 Å². The SMILES string of the molecule is C[C@@H]1O[C@@H](c2c(O)cc3oc(-c4ccc(O)c(O)c4)cc(=O)c3c2O)[C@@H](O[C@H]2O[C@H](C)[C@@H](O)[C@H](O)[C@@H]2O)[C@H](O)C1=O. The molecule has 0 unspecified atom stereocenters. The largest absolute Gasteiger partial charge is 0.507 e. The standard InChI is InChI=1S/C27H28O14/c1-8-20(33)23(36)26(41-27-24(37)22(35)19(32)9(2)39-27)25(38-8)18-14(31)7-16-17(21(18)34)13(30)6-15(40-16)10-3-4-11(28)12(29)5-10/h3-9,19,22-29,31-32,34-37H,1-2H3/t8-,9+,19+,22-,23+,24-,25-,26-,27+/m0/s1. The molecule has 3 aromatic rings. The number of phenols is 4. The van der Waals surface area contributed by atoms with E-state index in [9.17, 15) is 50.4 Å². The van der Waals surface area contributed by atoms with Gasteiger partial charge in [-0.25, -0.2) is 0 Å². The lowest BCUT2D eigenvalue weighted by molar-refractivity contribution is -0.323. The smallest absolute Gasteiger partial charge is 0.197 e. The van der Waals surface area contributed by atoms with Crippen LogP contribution in [0.25, 0.3) is 22.3 Å². The van der Waals surface area contributed by atoms with Gasteiger partial charge in [-0.15, -0.1) is 0 Å². The lowest BCUT2D eigenvalue weighted by Gasteiger charge is -2.44. The number of benzene rings is 2. The number of aliphatic hydroxyl groups excluding tert-OH is 4. The molecule has 14 nitrogen and oxygen atoms in total. The van der Waals surface area contributed by atoms with E-state index in [1.54, 1.807) is 0 Å². The van der Waals surface area contributed by atoms with Crippen molar-refractivity contribution in [2.45, 2.75) is 69.0 Å². The molecule has 0 saturated carbocycles. The molecule has 41 heavy (non-hydrogen) atoms. The van der Waals surface area contributed by atoms with E-state index in [1.165, 1.54) is 26.0 Å². The zero-order valence-corrected chi connectivity index (χ0v) is 21.6. The van der Waals surface area contributed by atoms with Crippen molar-refractivity contribution in [3.63, 3.8) is 0 Å². The third-order valence-electron chi connectivity index (χ3n) is 7.31. The highest BCUT2D eigenvalue weighted by atomic mass is 16.7. The average Bonchev–Trinajstić information content (AvgIpc) is 2.92. The predicted octanol–water partition coefficient (Wildman–Crippen LogP) is -0.115. The predicted molar refractivity (Wildman–Crippen MR) is 136 cm³/mol. The van der Waals surface area contributed by atoms with E-state index in [4.69, 9.17) is 18.6 Å². The summed E-state index contributed by atoms with van der Waals surface area (Å²) in [6.07, 6.45) is -14.2. The van der Waals surface area contributed by atoms with Gasteiger partial charge in [-0.1, -0.05) is 0 Å². The first-order valence-electron chi connectivity index (χ1n) is 12.6. The van der Waals surface area contributed by atoms with Crippen molar-refractivity contribution in [2.75, 3.05) is 0 Å². The first-order valence-corrected chi connectivity index (χ1v) is 12.6. The summed E-state index contributed by atoms with van der Waals surface area (Å²) in [6.45, 7) is 2.70. The number of rotatable bonds is 4. The van der Waals surface area contributed by atoms with Crippen LogP contribution in [-0.4, -0.2) is 95.7 Å². The van der Waals surface area contributed by atoms with Crippen molar-refractivity contribution in [3.8, 4) is 34.3 Å². The molecule has 2 aliphatic heterocycles. The van der Waals surface area contributed by atoms with E-state index >= 15 is 0 Å². The molecule has 2 aliphatic rings. The molecule has 0 aliphatic carbocycles. The number of fused-ring (bicyclic) bond motifs is 1. The Morgan fingerprint density at radius 1 is 0.805 bits per heavy atom. The first kappa shape index (κ1) is 28.8. The van der Waals surface area contributed by atoms with Crippen LogP contribution in [0, 0.1) is 0 Å². The molecule has 2 fully saturated rings. The van der Waals surface area contributed by atoms with Crippen molar-refractivity contribution in [1.29, 1.82) is 0 Å². The highest BCUT2D eigenvalue weighted by Gasteiger charge is 2.50. The molecule has 1 aromatic heterocycles. The van der Waals surface area contributed by atoms with Gasteiger partial charge in [0.05, 0.1) is 11.7 Å². The maximum absolute atomic E-state index is 13.1. The number of phenolic OH excluding ortho intramolecular Hbond substituents is 4. The first-order chi connectivity index (χ1) is 19.3. The van der Waals surface area contributed by atoms with Gasteiger partial charge in [-0.2, -0.15) is 0 Å². The van der Waals surface area contributed by atoms with Crippen LogP contribution in [0.15, 0.2) is 39.5 Å². The van der Waals surface area contributed by atoms with Gasteiger partial charge in [0.1, 0.15) is 71.0 Å². The van der Waals surface area contributed by atoms with E-state index in [2.05, 4.69) is 0 Å². The fraction of sp³-hybridized carbons (Fsp3) is 0.407. The van der Waals surface area contributed by atoms with Gasteiger partial charge >= 0.3 is 0 Å². The molecule has 9 atom stereocenters. The highest BCUT2D eigenvalue weighted by molar-refractivity contribution is 5.90. The Labute approximate surface area is 230 Å². The third kappa shape index (κ3) is 4.89. The summed E-state index contributed by atoms with van der Waals surface area (Å²) in [5.74, 6) is -3.25. The maximum Gasteiger partial charge on any atom is 0.197 e. The normalized spacial score (nSPS) is 32.3. The Balaban J connectivity index is 1.58. The second kappa shape index (κ2) is 10.6. The number of carbonyl (C=O) groups is 1. The summed E-state index contributed by atoms with van der Waals surface area (Å²) >= 11 is 0. The number of Topliss-reactive ketones (excluding diaryl/α,β-unsaturated/α-hetero) is 1. The lowest BCUT2D eigenvalue weighted by atomic mass is 9.90. The fourth-order valence-electron chi connectivity index (χ4n) is 5.00. The van der Waals surface area contributed by atoms with E-state index in [-0.39, 0.29) is 16.9 Å². The van der Waals surface area contributed by atoms with Gasteiger partial charge in [0.2, 0.25) is 0 Å². The van der Waals surface area contributed by atoms with Gasteiger partial charge in [-0.3, -0.25) is 9.59 Å². The molecule has 2 aromatic carbocycles. The molecular formula is C27H28O14. The highest BCUT2D eigenvalue weighted by Crippen LogP contribution is 2.45. The van der Waals surface area contributed by atoms with Crippen LogP contribution in [0.1, 0.15) is 25.5 Å². The van der Waals surface area contributed by atoms with Crippen LogP contribution in [0.3, 0.4) is 0 Å². The van der Waals surface area contributed by atoms with Crippen molar-refractivity contribution < 1.29 is 64.3 Å². The molecule has 8 N–H and O–H groups in total. The van der Waals surface area contributed by atoms with Crippen molar-refractivity contribution in [1.82, 2.24) is 0 Å². The number of ether oxygens (including phenoxy) is 3. The monoisotopic (exact) mass is 576 g/mol.